The number of aliphatic hydroxyl groups is 1. The van der Waals surface area contributed by atoms with E-state index in [1.807, 2.05) is 0 Å². The summed E-state index contributed by atoms with van der Waals surface area (Å²) in [6, 6.07) is -1.07. The van der Waals surface area contributed by atoms with Crippen LogP contribution in [0, 0.1) is 5.92 Å². The Morgan fingerprint density at radius 1 is 1.29 bits per heavy atom. The molecule has 1 saturated heterocycles. The van der Waals surface area contributed by atoms with Gasteiger partial charge in [0, 0.05) is 19.0 Å². The fourth-order valence-electron chi connectivity index (χ4n) is 2.80. The van der Waals surface area contributed by atoms with Crippen LogP contribution in [0.4, 0.5) is 0 Å². The van der Waals surface area contributed by atoms with Gasteiger partial charge in [-0.1, -0.05) is 6.42 Å². The van der Waals surface area contributed by atoms with Crippen molar-refractivity contribution in [3.8, 4) is 0 Å². The van der Waals surface area contributed by atoms with Gasteiger partial charge in [-0.25, -0.2) is 4.79 Å². The van der Waals surface area contributed by atoms with Crippen molar-refractivity contribution in [1.29, 1.82) is 0 Å². The van der Waals surface area contributed by atoms with E-state index in [1.54, 1.807) is 0 Å². The molecule has 96 valence electrons. The topological polar surface area (TPSA) is 104 Å². The molecule has 0 bridgehead atoms. The second-order valence-corrected chi connectivity index (χ2v) is 4.94. The van der Waals surface area contributed by atoms with Crippen LogP contribution in [-0.4, -0.2) is 51.7 Å². The van der Waals surface area contributed by atoms with Crippen LogP contribution in [0.15, 0.2) is 0 Å². The van der Waals surface area contributed by atoms with E-state index in [9.17, 15) is 14.7 Å². The molecular weight excluding hydrogens is 224 g/mol. The second kappa shape index (κ2) is 4.62. The number of hydrogen-bond donors (Lipinski definition) is 3. The van der Waals surface area contributed by atoms with E-state index in [1.165, 1.54) is 4.90 Å². The number of carboxylic acid groups (broad SMARTS) is 1. The number of rotatable bonds is 2. The average Bonchev–Trinajstić information content (AvgIpc) is 2.83. The third-order valence-corrected chi connectivity index (χ3v) is 3.73. The summed E-state index contributed by atoms with van der Waals surface area (Å²) in [5, 5.41) is 18.5. The molecule has 0 aromatic carbocycles. The molecule has 0 aromatic rings. The number of carboxylic acids is 1. The molecule has 2 unspecified atom stereocenters. The van der Waals surface area contributed by atoms with E-state index in [2.05, 4.69) is 0 Å². The first kappa shape index (κ1) is 12.3. The first-order valence-electron chi connectivity index (χ1n) is 5.97. The molecule has 2 rings (SSSR count). The van der Waals surface area contributed by atoms with Gasteiger partial charge in [0.25, 0.3) is 0 Å². The minimum absolute atomic E-state index is 0.110. The van der Waals surface area contributed by atoms with E-state index in [0.29, 0.717) is 0 Å². The number of likely N-dealkylation sites (tertiary alicyclic amines) is 1. The SMILES string of the molecule is NC1CCCC1C(=O)N1C[C@@H](O)C[C@H]1C(=O)O. The summed E-state index contributed by atoms with van der Waals surface area (Å²) >= 11 is 0. The van der Waals surface area contributed by atoms with Crippen molar-refractivity contribution in [3.05, 3.63) is 0 Å². The standard InChI is InChI=1S/C11H18N2O4/c12-8-3-1-2-7(8)10(15)13-5-6(14)4-9(13)11(16)17/h6-9,14H,1-5,12H2,(H,16,17)/t6-,7?,8?,9-/m0/s1. The molecule has 1 heterocycles. The average molecular weight is 242 g/mol. The van der Waals surface area contributed by atoms with Crippen molar-refractivity contribution in [1.82, 2.24) is 4.90 Å². The fourth-order valence-corrected chi connectivity index (χ4v) is 2.80. The third-order valence-electron chi connectivity index (χ3n) is 3.73. The lowest BCUT2D eigenvalue weighted by molar-refractivity contribution is -0.150. The molecule has 6 heteroatoms. The Morgan fingerprint density at radius 3 is 2.53 bits per heavy atom. The smallest absolute Gasteiger partial charge is 0.326 e. The van der Waals surface area contributed by atoms with E-state index in [0.717, 1.165) is 19.3 Å². The lowest BCUT2D eigenvalue weighted by Crippen LogP contribution is -2.46. The first-order valence-corrected chi connectivity index (χ1v) is 5.97. The van der Waals surface area contributed by atoms with E-state index in [-0.39, 0.29) is 30.8 Å². The zero-order valence-electron chi connectivity index (χ0n) is 9.58. The minimum atomic E-state index is -1.05. The van der Waals surface area contributed by atoms with Crippen LogP contribution in [-0.2, 0) is 9.59 Å². The van der Waals surface area contributed by atoms with Gasteiger partial charge in [-0.05, 0) is 12.8 Å². The molecule has 0 spiro atoms. The molecule has 4 atom stereocenters. The van der Waals surface area contributed by atoms with Gasteiger partial charge >= 0.3 is 5.97 Å². The molecule has 0 radical (unpaired) electrons. The Kier molecular flexibility index (Phi) is 3.35. The number of hydrogen-bond acceptors (Lipinski definition) is 4. The molecule has 1 saturated carbocycles. The Labute approximate surface area is 99.4 Å². The number of amides is 1. The van der Waals surface area contributed by atoms with Crippen LogP contribution in [0.25, 0.3) is 0 Å². The molecule has 2 fully saturated rings. The lowest BCUT2D eigenvalue weighted by Gasteiger charge is -2.26. The maximum Gasteiger partial charge on any atom is 0.326 e. The third kappa shape index (κ3) is 2.28. The molecule has 1 aliphatic carbocycles. The van der Waals surface area contributed by atoms with Crippen LogP contribution in [0.3, 0.4) is 0 Å². The van der Waals surface area contributed by atoms with E-state index < -0.39 is 18.1 Å². The van der Waals surface area contributed by atoms with Crippen molar-refractivity contribution < 1.29 is 19.8 Å². The van der Waals surface area contributed by atoms with Gasteiger partial charge < -0.3 is 20.8 Å². The molecule has 2 aliphatic rings. The van der Waals surface area contributed by atoms with Crippen LogP contribution in [0.1, 0.15) is 25.7 Å². The monoisotopic (exact) mass is 242 g/mol. The van der Waals surface area contributed by atoms with Crippen LogP contribution in [0.5, 0.6) is 0 Å². The van der Waals surface area contributed by atoms with E-state index in [4.69, 9.17) is 10.8 Å². The Hall–Kier alpha value is -1.14. The molecule has 6 nitrogen and oxygen atoms in total. The summed E-state index contributed by atoms with van der Waals surface area (Å²) < 4.78 is 0. The van der Waals surface area contributed by atoms with Crippen LogP contribution >= 0.6 is 0 Å². The normalized spacial score (nSPS) is 37.4. The van der Waals surface area contributed by atoms with Gasteiger partial charge in [0.1, 0.15) is 6.04 Å². The fraction of sp³-hybridized carbons (Fsp3) is 0.818. The van der Waals surface area contributed by atoms with Crippen molar-refractivity contribution in [2.24, 2.45) is 11.7 Å². The summed E-state index contributed by atoms with van der Waals surface area (Å²) in [6.45, 7) is 0.110. The maximum absolute atomic E-state index is 12.2. The summed E-state index contributed by atoms with van der Waals surface area (Å²) in [5.74, 6) is -1.54. The number of carbonyl (C=O) groups excluding carboxylic acids is 1. The van der Waals surface area contributed by atoms with Gasteiger partial charge in [-0.2, -0.15) is 0 Å². The largest absolute Gasteiger partial charge is 0.480 e. The zero-order chi connectivity index (χ0) is 12.6. The summed E-state index contributed by atoms with van der Waals surface area (Å²) in [4.78, 5) is 24.5. The van der Waals surface area contributed by atoms with Gasteiger partial charge in [0.05, 0.1) is 12.0 Å². The highest BCUT2D eigenvalue weighted by Gasteiger charge is 2.43. The number of carbonyl (C=O) groups is 2. The van der Waals surface area contributed by atoms with Gasteiger partial charge in [-0.15, -0.1) is 0 Å². The van der Waals surface area contributed by atoms with Crippen molar-refractivity contribution in [3.63, 3.8) is 0 Å². The Balaban J connectivity index is 2.10. The molecule has 1 amide bonds. The lowest BCUT2D eigenvalue weighted by atomic mass is 10.0. The van der Waals surface area contributed by atoms with Crippen LogP contribution in [0.2, 0.25) is 0 Å². The van der Waals surface area contributed by atoms with Gasteiger partial charge in [0.15, 0.2) is 0 Å². The second-order valence-electron chi connectivity index (χ2n) is 4.94. The van der Waals surface area contributed by atoms with Crippen LogP contribution < -0.4 is 5.73 Å². The van der Waals surface area contributed by atoms with Gasteiger partial charge in [0.2, 0.25) is 5.91 Å². The maximum atomic E-state index is 12.2. The van der Waals surface area contributed by atoms with Crippen molar-refractivity contribution in [2.75, 3.05) is 6.54 Å². The highest BCUT2D eigenvalue weighted by atomic mass is 16.4. The molecular formula is C11H18N2O4. The highest BCUT2D eigenvalue weighted by molar-refractivity contribution is 5.86. The summed E-state index contributed by atoms with van der Waals surface area (Å²) in [6.07, 6.45) is 1.82. The highest BCUT2D eigenvalue weighted by Crippen LogP contribution is 2.29. The summed E-state index contributed by atoms with van der Waals surface area (Å²) in [7, 11) is 0. The van der Waals surface area contributed by atoms with Crippen molar-refractivity contribution >= 4 is 11.9 Å². The Bertz CT molecular complexity index is 333. The number of aliphatic hydroxyl groups excluding tert-OH is 1. The Morgan fingerprint density at radius 2 is 2.00 bits per heavy atom. The minimum Gasteiger partial charge on any atom is -0.480 e. The molecule has 1 aliphatic heterocycles. The quantitative estimate of drug-likeness (QED) is 0.585. The van der Waals surface area contributed by atoms with Crippen molar-refractivity contribution in [2.45, 2.75) is 43.9 Å². The number of aliphatic carboxylic acids is 1. The number of nitrogens with zero attached hydrogens (tertiary/aromatic N) is 1. The zero-order valence-corrected chi connectivity index (χ0v) is 9.58. The molecule has 17 heavy (non-hydrogen) atoms. The molecule has 4 N–H and O–H groups in total. The number of β-amino-alcohol motifs (C(OH)–C–C–N with tert-alkyl or cyclic N) is 1. The van der Waals surface area contributed by atoms with Gasteiger partial charge in [-0.3, -0.25) is 4.79 Å². The van der Waals surface area contributed by atoms with E-state index >= 15 is 0 Å². The molecule has 0 aromatic heterocycles. The number of nitrogens with two attached hydrogens (primary N) is 1. The summed E-state index contributed by atoms with van der Waals surface area (Å²) in [5.41, 5.74) is 5.85. The predicted octanol–water partition coefficient (Wildman–Crippen LogP) is -0.840. The first-order chi connectivity index (χ1) is 8.00. The predicted molar refractivity (Wildman–Crippen MR) is 59.1 cm³/mol.